The van der Waals surface area contributed by atoms with Gasteiger partial charge in [0.15, 0.2) is 0 Å². The monoisotopic (exact) mass is 196 g/mol. The van der Waals surface area contributed by atoms with Gasteiger partial charge in [-0.1, -0.05) is 6.92 Å². The standard InChI is InChI=1S/C10H16N2S/c1-8(9-2-3-9)4-11-5-10-6-12-7-13-10/h6-9,11H,2-5H2,1H3. The molecule has 2 nitrogen and oxygen atoms in total. The van der Waals surface area contributed by atoms with Crippen LogP contribution in [0.5, 0.6) is 0 Å². The predicted molar refractivity (Wildman–Crippen MR) is 55.7 cm³/mol. The van der Waals surface area contributed by atoms with Gasteiger partial charge >= 0.3 is 0 Å². The van der Waals surface area contributed by atoms with E-state index in [1.807, 2.05) is 11.7 Å². The Labute approximate surface area is 83.4 Å². The van der Waals surface area contributed by atoms with Crippen molar-refractivity contribution >= 4 is 11.3 Å². The van der Waals surface area contributed by atoms with E-state index in [0.717, 1.165) is 24.9 Å². The second-order valence-corrected chi connectivity index (χ2v) is 4.88. The van der Waals surface area contributed by atoms with Gasteiger partial charge < -0.3 is 5.32 Å². The smallest absolute Gasteiger partial charge is 0.0794 e. The van der Waals surface area contributed by atoms with Crippen molar-refractivity contribution in [1.29, 1.82) is 0 Å². The number of nitrogens with zero attached hydrogens (tertiary/aromatic N) is 1. The number of rotatable bonds is 5. The molecule has 1 fully saturated rings. The highest BCUT2D eigenvalue weighted by molar-refractivity contribution is 7.09. The molecule has 1 aliphatic rings. The van der Waals surface area contributed by atoms with E-state index in [-0.39, 0.29) is 0 Å². The molecule has 0 aliphatic heterocycles. The molecule has 1 N–H and O–H groups in total. The van der Waals surface area contributed by atoms with Crippen LogP contribution in [-0.2, 0) is 6.54 Å². The third kappa shape index (κ3) is 2.78. The summed E-state index contributed by atoms with van der Waals surface area (Å²) in [6.07, 6.45) is 4.84. The van der Waals surface area contributed by atoms with Crippen molar-refractivity contribution in [1.82, 2.24) is 10.3 Å². The van der Waals surface area contributed by atoms with Crippen molar-refractivity contribution in [2.24, 2.45) is 11.8 Å². The minimum absolute atomic E-state index is 0.855. The topological polar surface area (TPSA) is 24.9 Å². The Balaban J connectivity index is 1.63. The molecule has 1 atom stereocenters. The molecular weight excluding hydrogens is 180 g/mol. The van der Waals surface area contributed by atoms with Gasteiger partial charge in [-0.2, -0.15) is 0 Å². The van der Waals surface area contributed by atoms with E-state index in [1.165, 1.54) is 17.7 Å². The zero-order valence-electron chi connectivity index (χ0n) is 7.99. The fourth-order valence-corrected chi connectivity index (χ4v) is 2.15. The molecule has 0 saturated heterocycles. The maximum Gasteiger partial charge on any atom is 0.0794 e. The van der Waals surface area contributed by atoms with Gasteiger partial charge in [-0.05, 0) is 31.2 Å². The molecule has 0 amide bonds. The minimum atomic E-state index is 0.855. The Morgan fingerprint density at radius 2 is 2.54 bits per heavy atom. The Morgan fingerprint density at radius 3 is 3.15 bits per heavy atom. The zero-order valence-corrected chi connectivity index (χ0v) is 8.81. The molecule has 1 saturated carbocycles. The van der Waals surface area contributed by atoms with E-state index in [0.29, 0.717) is 0 Å². The van der Waals surface area contributed by atoms with Crippen molar-refractivity contribution in [2.45, 2.75) is 26.3 Å². The van der Waals surface area contributed by atoms with Crippen LogP contribution in [0.25, 0.3) is 0 Å². The van der Waals surface area contributed by atoms with E-state index in [4.69, 9.17) is 0 Å². The lowest BCUT2D eigenvalue weighted by atomic mass is 10.1. The maximum absolute atomic E-state index is 4.05. The lowest BCUT2D eigenvalue weighted by Crippen LogP contribution is -2.21. The summed E-state index contributed by atoms with van der Waals surface area (Å²) in [6, 6.07) is 0. The molecule has 13 heavy (non-hydrogen) atoms. The van der Waals surface area contributed by atoms with E-state index in [2.05, 4.69) is 17.2 Å². The van der Waals surface area contributed by atoms with Crippen LogP contribution in [0.15, 0.2) is 11.7 Å². The van der Waals surface area contributed by atoms with Crippen molar-refractivity contribution in [2.75, 3.05) is 6.54 Å². The van der Waals surface area contributed by atoms with Crippen LogP contribution in [0, 0.1) is 11.8 Å². The van der Waals surface area contributed by atoms with Crippen LogP contribution >= 0.6 is 11.3 Å². The number of hydrogen-bond acceptors (Lipinski definition) is 3. The molecule has 1 heterocycles. The van der Waals surface area contributed by atoms with Gasteiger partial charge in [-0.25, -0.2) is 0 Å². The number of hydrogen-bond donors (Lipinski definition) is 1. The highest BCUT2D eigenvalue weighted by Crippen LogP contribution is 2.36. The fourth-order valence-electron chi connectivity index (χ4n) is 1.58. The maximum atomic E-state index is 4.05. The minimum Gasteiger partial charge on any atom is -0.312 e. The van der Waals surface area contributed by atoms with E-state index in [9.17, 15) is 0 Å². The third-order valence-corrected chi connectivity index (χ3v) is 3.46. The molecule has 0 aromatic carbocycles. The number of nitrogens with one attached hydrogen (secondary N) is 1. The van der Waals surface area contributed by atoms with Gasteiger partial charge in [0.2, 0.25) is 0 Å². The molecule has 0 bridgehead atoms. The summed E-state index contributed by atoms with van der Waals surface area (Å²) in [5, 5.41) is 3.48. The largest absolute Gasteiger partial charge is 0.312 e. The summed E-state index contributed by atoms with van der Waals surface area (Å²) in [5.41, 5.74) is 1.89. The third-order valence-electron chi connectivity index (χ3n) is 2.68. The molecule has 0 spiro atoms. The van der Waals surface area contributed by atoms with E-state index in [1.54, 1.807) is 11.3 Å². The van der Waals surface area contributed by atoms with Gasteiger partial charge in [-0.15, -0.1) is 11.3 Å². The Hall–Kier alpha value is -0.410. The van der Waals surface area contributed by atoms with Gasteiger partial charge in [0.25, 0.3) is 0 Å². The summed E-state index contributed by atoms with van der Waals surface area (Å²) in [5.74, 6) is 1.86. The normalized spacial score (nSPS) is 18.8. The van der Waals surface area contributed by atoms with Gasteiger partial charge in [-0.3, -0.25) is 4.98 Å². The van der Waals surface area contributed by atoms with Crippen molar-refractivity contribution in [3.63, 3.8) is 0 Å². The highest BCUT2D eigenvalue weighted by atomic mass is 32.1. The molecule has 1 unspecified atom stereocenters. The lowest BCUT2D eigenvalue weighted by Gasteiger charge is -2.09. The second kappa shape index (κ2) is 4.20. The first-order valence-electron chi connectivity index (χ1n) is 4.94. The Morgan fingerprint density at radius 1 is 1.69 bits per heavy atom. The first-order chi connectivity index (χ1) is 6.36. The molecule has 1 aromatic heterocycles. The zero-order chi connectivity index (χ0) is 9.10. The molecule has 72 valence electrons. The molecule has 1 aliphatic carbocycles. The summed E-state index contributed by atoms with van der Waals surface area (Å²) < 4.78 is 0. The van der Waals surface area contributed by atoms with Crippen LogP contribution in [0.2, 0.25) is 0 Å². The summed E-state index contributed by atoms with van der Waals surface area (Å²) in [7, 11) is 0. The van der Waals surface area contributed by atoms with Crippen molar-refractivity contribution < 1.29 is 0 Å². The Bertz CT molecular complexity index is 241. The SMILES string of the molecule is CC(CNCc1cncs1)C1CC1. The quantitative estimate of drug-likeness (QED) is 0.781. The number of thiazole rings is 1. The van der Waals surface area contributed by atoms with Crippen LogP contribution in [0.3, 0.4) is 0 Å². The molecule has 2 rings (SSSR count). The molecule has 1 aromatic rings. The number of aromatic nitrogens is 1. The Kier molecular flexibility index (Phi) is 2.96. The van der Waals surface area contributed by atoms with Crippen molar-refractivity contribution in [3.05, 3.63) is 16.6 Å². The first kappa shape index (κ1) is 9.16. The first-order valence-corrected chi connectivity index (χ1v) is 5.82. The summed E-state index contributed by atoms with van der Waals surface area (Å²) >= 11 is 1.72. The van der Waals surface area contributed by atoms with Crippen LogP contribution < -0.4 is 5.32 Å². The molecular formula is C10H16N2S. The van der Waals surface area contributed by atoms with Gasteiger partial charge in [0.1, 0.15) is 0 Å². The van der Waals surface area contributed by atoms with E-state index < -0.39 is 0 Å². The van der Waals surface area contributed by atoms with Crippen molar-refractivity contribution in [3.8, 4) is 0 Å². The second-order valence-electron chi connectivity index (χ2n) is 3.91. The highest BCUT2D eigenvalue weighted by Gasteiger charge is 2.27. The van der Waals surface area contributed by atoms with E-state index >= 15 is 0 Å². The van der Waals surface area contributed by atoms with Gasteiger partial charge in [0.05, 0.1) is 5.51 Å². The van der Waals surface area contributed by atoms with Crippen LogP contribution in [-0.4, -0.2) is 11.5 Å². The summed E-state index contributed by atoms with van der Waals surface area (Å²) in [6.45, 7) is 4.49. The fraction of sp³-hybridized carbons (Fsp3) is 0.700. The van der Waals surface area contributed by atoms with Gasteiger partial charge in [0, 0.05) is 17.6 Å². The predicted octanol–water partition coefficient (Wildman–Crippen LogP) is 2.28. The summed E-state index contributed by atoms with van der Waals surface area (Å²) in [4.78, 5) is 5.38. The van der Waals surface area contributed by atoms with Crippen LogP contribution in [0.4, 0.5) is 0 Å². The lowest BCUT2D eigenvalue weighted by molar-refractivity contribution is 0.462. The molecule has 0 radical (unpaired) electrons. The molecule has 3 heteroatoms. The average molecular weight is 196 g/mol. The van der Waals surface area contributed by atoms with Crippen LogP contribution in [0.1, 0.15) is 24.6 Å². The average Bonchev–Trinajstić information content (AvgIpc) is 2.86.